The molecule has 3 N–H and O–H groups in total. The molecule has 0 saturated carbocycles. The molecule has 0 bridgehead atoms. The molecule has 1 aromatic carbocycles. The molecule has 2 amide bonds. The second kappa shape index (κ2) is 9.66. The van der Waals surface area contributed by atoms with Crippen LogP contribution in [0.1, 0.15) is 54.1 Å². The standard InChI is InChI=1S/C25H28N3O8P/c1-15(29)17-7-10-20-21(16-5-8-18(9-6-16)36-37(32,33)34)19-14-27(23(30)22(19)28(20)13-17)12-11-26-24(31)35-25(2,3)4/h5-10,13H,11-12,14H2,1-4H3,(H,26,31)(H2,32,33,34). The van der Waals surface area contributed by atoms with Crippen LogP contribution in [0, 0.1) is 0 Å². The average molecular weight is 529 g/mol. The summed E-state index contributed by atoms with van der Waals surface area (Å²) in [6.07, 6.45) is 1.06. The van der Waals surface area contributed by atoms with Gasteiger partial charge < -0.3 is 23.9 Å². The van der Waals surface area contributed by atoms with E-state index in [1.165, 1.54) is 19.1 Å². The summed E-state index contributed by atoms with van der Waals surface area (Å²) in [4.78, 5) is 57.2. The van der Waals surface area contributed by atoms with Gasteiger partial charge in [0.05, 0.1) is 5.52 Å². The van der Waals surface area contributed by atoms with E-state index in [1.807, 2.05) is 0 Å². The van der Waals surface area contributed by atoms with Gasteiger partial charge in [-0.1, -0.05) is 12.1 Å². The van der Waals surface area contributed by atoms with Gasteiger partial charge in [-0.25, -0.2) is 9.36 Å². The first kappa shape index (κ1) is 26.4. The van der Waals surface area contributed by atoms with Gasteiger partial charge in [0.1, 0.15) is 17.0 Å². The molecule has 37 heavy (non-hydrogen) atoms. The summed E-state index contributed by atoms with van der Waals surface area (Å²) < 4.78 is 22.7. The van der Waals surface area contributed by atoms with E-state index in [1.54, 1.807) is 60.5 Å². The Morgan fingerprint density at radius 1 is 1.11 bits per heavy atom. The van der Waals surface area contributed by atoms with Crippen molar-refractivity contribution in [3.05, 3.63) is 59.4 Å². The zero-order valence-electron chi connectivity index (χ0n) is 20.8. The number of benzene rings is 1. The van der Waals surface area contributed by atoms with Crippen LogP contribution in [0.3, 0.4) is 0 Å². The molecule has 3 aromatic rings. The molecule has 0 spiro atoms. The largest absolute Gasteiger partial charge is 0.524 e. The Kier molecular flexibility index (Phi) is 6.89. The van der Waals surface area contributed by atoms with Crippen molar-refractivity contribution in [2.24, 2.45) is 0 Å². The average Bonchev–Trinajstić information content (AvgIpc) is 3.25. The van der Waals surface area contributed by atoms with Crippen molar-refractivity contribution in [2.75, 3.05) is 13.1 Å². The molecule has 12 heteroatoms. The summed E-state index contributed by atoms with van der Waals surface area (Å²) in [5, 5.41) is 2.65. The molecular weight excluding hydrogens is 501 g/mol. The number of phosphoric acid groups is 1. The van der Waals surface area contributed by atoms with Crippen LogP contribution in [0.5, 0.6) is 5.75 Å². The van der Waals surface area contributed by atoms with Crippen LogP contribution in [0.2, 0.25) is 0 Å². The fourth-order valence-electron chi connectivity index (χ4n) is 4.24. The molecule has 0 radical (unpaired) electrons. The third-order valence-corrected chi connectivity index (χ3v) is 6.14. The van der Waals surface area contributed by atoms with E-state index >= 15 is 0 Å². The summed E-state index contributed by atoms with van der Waals surface area (Å²) in [6.45, 7) is 7.44. The van der Waals surface area contributed by atoms with Gasteiger partial charge in [0.15, 0.2) is 5.78 Å². The molecule has 2 aromatic heterocycles. The molecule has 0 atom stereocenters. The van der Waals surface area contributed by atoms with Gasteiger partial charge in [0.25, 0.3) is 5.91 Å². The van der Waals surface area contributed by atoms with Crippen LogP contribution in [0.4, 0.5) is 4.79 Å². The lowest BCUT2D eigenvalue weighted by molar-refractivity contribution is 0.0514. The highest BCUT2D eigenvalue weighted by molar-refractivity contribution is 7.46. The Bertz CT molecular complexity index is 1430. The third kappa shape index (κ3) is 5.85. The Labute approximate surface area is 213 Å². The minimum absolute atomic E-state index is 0.00188. The van der Waals surface area contributed by atoms with E-state index in [0.29, 0.717) is 22.3 Å². The highest BCUT2D eigenvalue weighted by Gasteiger charge is 2.35. The van der Waals surface area contributed by atoms with Crippen molar-refractivity contribution in [2.45, 2.75) is 39.8 Å². The summed E-state index contributed by atoms with van der Waals surface area (Å²) in [5.74, 6) is -0.389. The second-order valence-electron chi connectivity index (χ2n) is 9.69. The maximum absolute atomic E-state index is 13.4. The number of amides is 2. The second-order valence-corrected chi connectivity index (χ2v) is 10.9. The van der Waals surface area contributed by atoms with Crippen LogP contribution in [0.15, 0.2) is 42.6 Å². The van der Waals surface area contributed by atoms with Crippen molar-refractivity contribution in [1.82, 2.24) is 14.6 Å². The number of phosphoric ester groups is 1. The summed E-state index contributed by atoms with van der Waals surface area (Å²) in [7, 11) is -4.70. The monoisotopic (exact) mass is 529 g/mol. The van der Waals surface area contributed by atoms with E-state index in [2.05, 4.69) is 9.84 Å². The molecule has 11 nitrogen and oxygen atoms in total. The number of carbonyl (C=O) groups is 3. The number of fused-ring (bicyclic) bond motifs is 3. The Morgan fingerprint density at radius 2 is 1.78 bits per heavy atom. The Morgan fingerprint density at radius 3 is 2.38 bits per heavy atom. The van der Waals surface area contributed by atoms with Crippen molar-refractivity contribution in [3.63, 3.8) is 0 Å². The summed E-state index contributed by atoms with van der Waals surface area (Å²) in [5.41, 5.74) is 3.13. The first-order valence-electron chi connectivity index (χ1n) is 11.5. The normalized spacial score (nSPS) is 13.6. The predicted octanol–water partition coefficient (Wildman–Crippen LogP) is 3.76. The predicted molar refractivity (Wildman–Crippen MR) is 134 cm³/mol. The third-order valence-electron chi connectivity index (χ3n) is 5.70. The number of hydrogen-bond acceptors (Lipinski definition) is 6. The maximum atomic E-state index is 13.4. The summed E-state index contributed by atoms with van der Waals surface area (Å²) in [6, 6.07) is 9.63. The SMILES string of the molecule is CC(=O)c1ccc2c(-c3ccc(OP(=O)(O)O)cc3)c3c(n2c1)C(=O)N(CCNC(=O)OC(C)(C)C)C3. The van der Waals surface area contributed by atoms with Gasteiger partial charge in [-0.2, -0.15) is 0 Å². The van der Waals surface area contributed by atoms with E-state index < -0.39 is 19.5 Å². The molecular formula is C25H28N3O8P. The molecule has 0 aliphatic carbocycles. The van der Waals surface area contributed by atoms with Crippen LogP contribution >= 0.6 is 7.82 Å². The number of rotatable bonds is 7. The molecule has 4 rings (SSSR count). The Hall–Kier alpha value is -3.66. The molecule has 0 fully saturated rings. The lowest BCUT2D eigenvalue weighted by Crippen LogP contribution is -2.38. The number of pyridine rings is 1. The van der Waals surface area contributed by atoms with Crippen molar-refractivity contribution < 1.29 is 38.0 Å². The number of carbonyl (C=O) groups excluding carboxylic acids is 3. The smallest absolute Gasteiger partial charge is 0.444 e. The number of alkyl carbamates (subject to hydrolysis) is 1. The zero-order valence-corrected chi connectivity index (χ0v) is 21.7. The van der Waals surface area contributed by atoms with Gasteiger partial charge in [-0.3, -0.25) is 19.4 Å². The van der Waals surface area contributed by atoms with Crippen LogP contribution in [-0.4, -0.2) is 55.6 Å². The molecule has 0 saturated heterocycles. The maximum Gasteiger partial charge on any atom is 0.524 e. The number of hydrogen-bond donors (Lipinski definition) is 3. The van der Waals surface area contributed by atoms with Crippen LogP contribution in [0.25, 0.3) is 16.6 Å². The molecule has 3 heterocycles. The van der Waals surface area contributed by atoms with Crippen LogP contribution < -0.4 is 9.84 Å². The number of aromatic nitrogens is 1. The number of nitrogens with one attached hydrogen (secondary N) is 1. The van der Waals surface area contributed by atoms with Crippen molar-refractivity contribution in [1.29, 1.82) is 0 Å². The van der Waals surface area contributed by atoms with Gasteiger partial charge in [0, 0.05) is 42.5 Å². The molecule has 0 unspecified atom stereocenters. The number of ketones is 1. The lowest BCUT2D eigenvalue weighted by Gasteiger charge is -2.21. The van der Waals surface area contributed by atoms with E-state index in [0.717, 1.165) is 11.1 Å². The van der Waals surface area contributed by atoms with Crippen molar-refractivity contribution in [3.8, 4) is 16.9 Å². The van der Waals surface area contributed by atoms with Crippen molar-refractivity contribution >= 4 is 31.1 Å². The lowest BCUT2D eigenvalue weighted by atomic mass is 10.0. The Balaban J connectivity index is 1.66. The molecule has 196 valence electrons. The van der Waals surface area contributed by atoms with Gasteiger partial charge in [-0.15, -0.1) is 0 Å². The van der Waals surface area contributed by atoms with E-state index in [4.69, 9.17) is 14.5 Å². The van der Waals surface area contributed by atoms with Gasteiger partial charge >= 0.3 is 13.9 Å². The minimum atomic E-state index is -4.70. The number of ether oxygens (including phenoxy) is 1. The molecule has 1 aliphatic heterocycles. The quantitative estimate of drug-likeness (QED) is 0.310. The molecule has 1 aliphatic rings. The highest BCUT2D eigenvalue weighted by atomic mass is 31.2. The van der Waals surface area contributed by atoms with Gasteiger partial charge in [-0.05, 0) is 57.5 Å². The first-order valence-corrected chi connectivity index (χ1v) is 13.1. The first-order chi connectivity index (χ1) is 17.2. The highest BCUT2D eigenvalue weighted by Crippen LogP contribution is 2.41. The zero-order chi connectivity index (χ0) is 27.1. The van der Waals surface area contributed by atoms with Crippen LogP contribution in [-0.2, 0) is 15.8 Å². The number of Topliss-reactive ketones (excluding diaryl/α,β-unsaturated/α-hetero) is 1. The van der Waals surface area contributed by atoms with E-state index in [9.17, 15) is 18.9 Å². The topological polar surface area (TPSA) is 147 Å². The fraction of sp³-hybridized carbons (Fsp3) is 0.320. The number of nitrogens with zero attached hydrogens (tertiary/aromatic N) is 2. The summed E-state index contributed by atoms with van der Waals surface area (Å²) >= 11 is 0. The fourth-order valence-corrected chi connectivity index (χ4v) is 4.64. The minimum Gasteiger partial charge on any atom is -0.444 e. The van der Waals surface area contributed by atoms with E-state index in [-0.39, 0.29) is 37.1 Å². The van der Waals surface area contributed by atoms with Gasteiger partial charge in [0.2, 0.25) is 0 Å².